The van der Waals surface area contributed by atoms with Crippen molar-refractivity contribution in [1.29, 1.82) is 5.26 Å². The average Bonchev–Trinajstić information content (AvgIpc) is 2.62. The van der Waals surface area contributed by atoms with Gasteiger partial charge in [-0.2, -0.15) is 5.26 Å². The summed E-state index contributed by atoms with van der Waals surface area (Å²) in [6.45, 7) is 5.94. The number of piperazine rings is 1. The van der Waals surface area contributed by atoms with E-state index in [1.165, 1.54) is 6.42 Å². The van der Waals surface area contributed by atoms with Crippen LogP contribution >= 0.6 is 0 Å². The van der Waals surface area contributed by atoms with E-state index in [-0.39, 0.29) is 0 Å². The van der Waals surface area contributed by atoms with Crippen molar-refractivity contribution in [3.05, 3.63) is 0 Å². The molecule has 0 spiro atoms. The quantitative estimate of drug-likeness (QED) is 0.610. The van der Waals surface area contributed by atoms with Crippen LogP contribution in [-0.2, 0) is 9.53 Å². The smallest absolute Gasteiger partial charge is 0.410 e. The van der Waals surface area contributed by atoms with Crippen molar-refractivity contribution >= 4 is 12.0 Å². The summed E-state index contributed by atoms with van der Waals surface area (Å²) in [6.07, 6.45) is 6.49. The summed E-state index contributed by atoms with van der Waals surface area (Å²) in [4.78, 5) is 28.4. The van der Waals surface area contributed by atoms with Crippen molar-refractivity contribution in [2.24, 2.45) is 5.92 Å². The van der Waals surface area contributed by atoms with Crippen LogP contribution in [0.5, 0.6) is 0 Å². The predicted octanol–water partition coefficient (Wildman–Crippen LogP) is 1.70. The minimum absolute atomic E-state index is 0.387. The highest BCUT2D eigenvalue weighted by Gasteiger charge is 2.30. The maximum Gasteiger partial charge on any atom is 0.410 e. The van der Waals surface area contributed by atoms with E-state index in [1.54, 1.807) is 11.1 Å². The Kier molecular flexibility index (Phi) is 7.32. The lowest BCUT2D eigenvalue weighted by molar-refractivity contribution is -0.130. The SMILES string of the molecule is CCN1CCN(C(=O)O[C@H](CC2CCCCC2)C(=O)NC#N)CC1. The van der Waals surface area contributed by atoms with Crippen LogP contribution in [0.15, 0.2) is 0 Å². The summed E-state index contributed by atoms with van der Waals surface area (Å²) in [5.74, 6) is -0.124. The van der Waals surface area contributed by atoms with Crippen LogP contribution in [0.25, 0.3) is 0 Å². The lowest BCUT2D eigenvalue weighted by Crippen LogP contribution is -2.50. The van der Waals surface area contributed by atoms with Crippen LogP contribution in [0.3, 0.4) is 0 Å². The zero-order chi connectivity index (χ0) is 17.4. The molecule has 0 aromatic carbocycles. The summed E-state index contributed by atoms with van der Waals surface area (Å²) < 4.78 is 5.48. The number of carbonyl (C=O) groups excluding carboxylic acids is 2. The van der Waals surface area contributed by atoms with Crippen LogP contribution in [-0.4, -0.2) is 60.6 Å². The van der Waals surface area contributed by atoms with E-state index in [9.17, 15) is 9.59 Å². The summed E-state index contributed by atoms with van der Waals surface area (Å²) >= 11 is 0. The molecule has 2 rings (SSSR count). The van der Waals surface area contributed by atoms with Crippen molar-refractivity contribution in [2.45, 2.75) is 51.6 Å². The van der Waals surface area contributed by atoms with Gasteiger partial charge < -0.3 is 14.5 Å². The van der Waals surface area contributed by atoms with Crippen LogP contribution in [0.2, 0.25) is 0 Å². The fourth-order valence-corrected chi connectivity index (χ4v) is 3.51. The Labute approximate surface area is 143 Å². The van der Waals surface area contributed by atoms with Gasteiger partial charge >= 0.3 is 6.09 Å². The summed E-state index contributed by atoms with van der Waals surface area (Å²) in [6, 6.07) is 0. The molecule has 2 fully saturated rings. The second-order valence-electron chi connectivity index (χ2n) is 6.63. The van der Waals surface area contributed by atoms with E-state index in [0.717, 1.165) is 45.3 Å². The molecule has 2 aliphatic rings. The number of hydrogen-bond acceptors (Lipinski definition) is 5. The Morgan fingerprint density at radius 3 is 2.46 bits per heavy atom. The summed E-state index contributed by atoms with van der Waals surface area (Å²) in [5.41, 5.74) is 0. The molecule has 1 saturated heterocycles. The molecular weight excluding hydrogens is 308 g/mol. The number of carbonyl (C=O) groups is 2. The first kappa shape index (κ1) is 18.5. The second kappa shape index (κ2) is 9.48. The molecule has 1 atom stereocenters. The van der Waals surface area contributed by atoms with Gasteiger partial charge in [0.2, 0.25) is 0 Å². The van der Waals surface area contributed by atoms with E-state index >= 15 is 0 Å². The zero-order valence-corrected chi connectivity index (χ0v) is 14.5. The molecule has 1 aliphatic heterocycles. The van der Waals surface area contributed by atoms with Crippen LogP contribution < -0.4 is 5.32 Å². The molecule has 7 heteroatoms. The van der Waals surface area contributed by atoms with Gasteiger partial charge in [-0.25, -0.2) is 4.79 Å². The standard InChI is InChI=1S/C17H28N4O3/c1-2-20-8-10-21(11-9-20)17(23)24-15(16(22)19-13-18)12-14-6-4-3-5-7-14/h14-15H,2-12H2,1H3,(H,19,22)/t15-/m1/s1. The maximum atomic E-state index is 12.4. The Morgan fingerprint density at radius 1 is 1.21 bits per heavy atom. The van der Waals surface area contributed by atoms with E-state index in [2.05, 4.69) is 17.1 Å². The first-order valence-corrected chi connectivity index (χ1v) is 9.01. The first-order valence-electron chi connectivity index (χ1n) is 9.01. The molecular formula is C17H28N4O3. The van der Waals surface area contributed by atoms with Crippen molar-refractivity contribution in [2.75, 3.05) is 32.7 Å². The third-order valence-electron chi connectivity index (χ3n) is 5.06. The number of hydrogen-bond donors (Lipinski definition) is 1. The molecule has 24 heavy (non-hydrogen) atoms. The second-order valence-corrected chi connectivity index (χ2v) is 6.63. The lowest BCUT2D eigenvalue weighted by atomic mass is 9.85. The number of likely N-dealkylation sites (N-methyl/N-ethyl adjacent to an activating group) is 1. The van der Waals surface area contributed by atoms with Gasteiger partial charge in [-0.15, -0.1) is 0 Å². The van der Waals surface area contributed by atoms with Gasteiger partial charge in [-0.3, -0.25) is 10.1 Å². The number of nitrogens with zero attached hydrogens (tertiary/aromatic N) is 3. The minimum atomic E-state index is -0.871. The number of rotatable bonds is 5. The number of amides is 2. The molecule has 134 valence electrons. The van der Waals surface area contributed by atoms with Crippen LogP contribution in [0, 0.1) is 17.4 Å². The Bertz CT molecular complexity index is 463. The summed E-state index contributed by atoms with van der Waals surface area (Å²) in [7, 11) is 0. The van der Waals surface area contributed by atoms with Gasteiger partial charge in [0.25, 0.3) is 5.91 Å². The molecule has 0 radical (unpaired) electrons. The molecule has 1 heterocycles. The van der Waals surface area contributed by atoms with Crippen molar-refractivity contribution in [3.63, 3.8) is 0 Å². The molecule has 1 saturated carbocycles. The largest absolute Gasteiger partial charge is 0.436 e. The normalized spacial score (nSPS) is 20.9. The fourth-order valence-electron chi connectivity index (χ4n) is 3.51. The molecule has 2 amide bonds. The minimum Gasteiger partial charge on any atom is -0.436 e. The van der Waals surface area contributed by atoms with Gasteiger partial charge in [-0.1, -0.05) is 39.0 Å². The number of nitriles is 1. The molecule has 1 aliphatic carbocycles. The molecule has 7 nitrogen and oxygen atoms in total. The first-order chi connectivity index (χ1) is 11.6. The summed E-state index contributed by atoms with van der Waals surface area (Å²) in [5, 5.41) is 10.8. The van der Waals surface area contributed by atoms with E-state index in [1.807, 2.05) is 0 Å². The highest BCUT2D eigenvalue weighted by atomic mass is 16.6. The van der Waals surface area contributed by atoms with Gasteiger partial charge in [0.15, 0.2) is 12.3 Å². The molecule has 0 aromatic heterocycles. The Hall–Kier alpha value is -1.81. The lowest BCUT2D eigenvalue weighted by Gasteiger charge is -2.34. The molecule has 1 N–H and O–H groups in total. The number of nitrogens with one attached hydrogen (secondary N) is 1. The van der Waals surface area contributed by atoms with Crippen LogP contribution in [0.4, 0.5) is 4.79 Å². The molecule has 0 bridgehead atoms. The van der Waals surface area contributed by atoms with Gasteiger partial charge in [0.05, 0.1) is 0 Å². The average molecular weight is 336 g/mol. The highest BCUT2D eigenvalue weighted by molar-refractivity contribution is 5.84. The highest BCUT2D eigenvalue weighted by Crippen LogP contribution is 2.28. The van der Waals surface area contributed by atoms with Crippen molar-refractivity contribution < 1.29 is 14.3 Å². The van der Waals surface area contributed by atoms with E-state index in [4.69, 9.17) is 10.00 Å². The van der Waals surface area contributed by atoms with Gasteiger partial charge in [-0.05, 0) is 18.9 Å². The predicted molar refractivity (Wildman–Crippen MR) is 88.9 cm³/mol. The van der Waals surface area contributed by atoms with E-state index in [0.29, 0.717) is 25.4 Å². The zero-order valence-electron chi connectivity index (χ0n) is 14.5. The third-order valence-corrected chi connectivity index (χ3v) is 5.06. The monoisotopic (exact) mass is 336 g/mol. The fraction of sp³-hybridized carbons (Fsp3) is 0.824. The Balaban J connectivity index is 1.90. The maximum absolute atomic E-state index is 12.4. The topological polar surface area (TPSA) is 85.7 Å². The number of ether oxygens (including phenoxy) is 1. The van der Waals surface area contributed by atoms with Gasteiger partial charge in [0, 0.05) is 26.2 Å². The Morgan fingerprint density at radius 2 is 1.88 bits per heavy atom. The molecule has 0 unspecified atom stereocenters. The third kappa shape index (κ3) is 5.38. The van der Waals surface area contributed by atoms with Gasteiger partial charge in [0.1, 0.15) is 0 Å². The van der Waals surface area contributed by atoms with Crippen molar-refractivity contribution in [3.8, 4) is 6.19 Å². The van der Waals surface area contributed by atoms with Crippen molar-refractivity contribution in [1.82, 2.24) is 15.1 Å². The van der Waals surface area contributed by atoms with Crippen LogP contribution in [0.1, 0.15) is 45.4 Å². The molecule has 0 aromatic rings. The van der Waals surface area contributed by atoms with E-state index < -0.39 is 18.1 Å².